The van der Waals surface area contributed by atoms with E-state index in [4.69, 9.17) is 9.47 Å². The molecule has 1 heterocycles. The van der Waals surface area contributed by atoms with Gasteiger partial charge in [0.15, 0.2) is 11.5 Å². The van der Waals surface area contributed by atoms with Crippen molar-refractivity contribution >= 4 is 5.69 Å². The standard InChI is InChI=1S/C13H19NO3/c1-16-9-10-5-6-14(8-10)11-3-4-13(17-2)12(15)7-11/h3-4,7,10,15H,5-6,8-9H2,1-2H3. The molecule has 17 heavy (non-hydrogen) atoms. The normalized spacial score (nSPS) is 19.6. The van der Waals surface area contributed by atoms with Crippen molar-refractivity contribution in [2.75, 3.05) is 38.8 Å². The second kappa shape index (κ2) is 5.27. The number of rotatable bonds is 4. The van der Waals surface area contributed by atoms with E-state index in [1.807, 2.05) is 6.07 Å². The van der Waals surface area contributed by atoms with Gasteiger partial charge in [-0.3, -0.25) is 0 Å². The van der Waals surface area contributed by atoms with Crippen LogP contribution in [0, 0.1) is 5.92 Å². The number of phenols is 1. The lowest BCUT2D eigenvalue weighted by atomic mass is 10.1. The van der Waals surface area contributed by atoms with Crippen LogP contribution in [0.3, 0.4) is 0 Å². The Morgan fingerprint density at radius 2 is 2.24 bits per heavy atom. The number of hydrogen-bond donors (Lipinski definition) is 1. The van der Waals surface area contributed by atoms with E-state index in [2.05, 4.69) is 4.90 Å². The zero-order chi connectivity index (χ0) is 12.3. The number of anilines is 1. The third kappa shape index (κ3) is 2.64. The van der Waals surface area contributed by atoms with Gasteiger partial charge in [-0.05, 0) is 18.6 Å². The average Bonchev–Trinajstić information content (AvgIpc) is 2.78. The SMILES string of the molecule is COCC1CCN(c2ccc(OC)c(O)c2)C1. The molecule has 1 atom stereocenters. The summed E-state index contributed by atoms with van der Waals surface area (Å²) in [7, 11) is 3.29. The molecule has 1 fully saturated rings. The first-order chi connectivity index (χ1) is 8.24. The number of hydrogen-bond acceptors (Lipinski definition) is 4. The lowest BCUT2D eigenvalue weighted by Gasteiger charge is -2.19. The molecule has 1 saturated heterocycles. The van der Waals surface area contributed by atoms with Crippen LogP contribution < -0.4 is 9.64 Å². The third-order valence-electron chi connectivity index (χ3n) is 3.22. The van der Waals surface area contributed by atoms with E-state index in [-0.39, 0.29) is 5.75 Å². The summed E-state index contributed by atoms with van der Waals surface area (Å²) in [6, 6.07) is 5.54. The first-order valence-corrected chi connectivity index (χ1v) is 5.85. The van der Waals surface area contributed by atoms with Crippen LogP contribution >= 0.6 is 0 Å². The molecule has 4 heteroatoms. The van der Waals surface area contributed by atoms with E-state index in [0.29, 0.717) is 11.7 Å². The van der Waals surface area contributed by atoms with Gasteiger partial charge in [0.25, 0.3) is 0 Å². The Balaban J connectivity index is 2.06. The zero-order valence-corrected chi connectivity index (χ0v) is 10.3. The third-order valence-corrected chi connectivity index (χ3v) is 3.22. The van der Waals surface area contributed by atoms with Crippen molar-refractivity contribution in [2.45, 2.75) is 6.42 Å². The van der Waals surface area contributed by atoms with Crippen molar-refractivity contribution < 1.29 is 14.6 Å². The van der Waals surface area contributed by atoms with Crippen LogP contribution in [0.2, 0.25) is 0 Å². The fourth-order valence-corrected chi connectivity index (χ4v) is 2.31. The van der Waals surface area contributed by atoms with Gasteiger partial charge < -0.3 is 19.5 Å². The average molecular weight is 237 g/mol. The van der Waals surface area contributed by atoms with Crippen molar-refractivity contribution in [2.24, 2.45) is 5.92 Å². The van der Waals surface area contributed by atoms with Crippen molar-refractivity contribution in [1.29, 1.82) is 0 Å². The van der Waals surface area contributed by atoms with Gasteiger partial charge in [0, 0.05) is 37.9 Å². The number of methoxy groups -OCH3 is 2. The molecule has 94 valence electrons. The topological polar surface area (TPSA) is 41.9 Å². The molecular weight excluding hydrogens is 218 g/mol. The summed E-state index contributed by atoms with van der Waals surface area (Å²) >= 11 is 0. The number of benzene rings is 1. The molecule has 2 rings (SSSR count). The second-order valence-corrected chi connectivity index (χ2v) is 4.41. The summed E-state index contributed by atoms with van der Waals surface area (Å²) in [6.07, 6.45) is 1.14. The van der Waals surface area contributed by atoms with E-state index in [1.165, 1.54) is 0 Å². The van der Waals surface area contributed by atoms with Crippen LogP contribution in [-0.2, 0) is 4.74 Å². The molecule has 0 amide bonds. The summed E-state index contributed by atoms with van der Waals surface area (Å²) in [5.41, 5.74) is 1.04. The maximum absolute atomic E-state index is 9.74. The minimum absolute atomic E-state index is 0.195. The highest BCUT2D eigenvalue weighted by atomic mass is 16.5. The van der Waals surface area contributed by atoms with Crippen molar-refractivity contribution in [3.05, 3.63) is 18.2 Å². The van der Waals surface area contributed by atoms with Gasteiger partial charge in [-0.25, -0.2) is 0 Å². The van der Waals surface area contributed by atoms with Gasteiger partial charge in [-0.15, -0.1) is 0 Å². The fourth-order valence-electron chi connectivity index (χ4n) is 2.31. The Hall–Kier alpha value is -1.42. The summed E-state index contributed by atoms with van der Waals surface area (Å²) in [6.45, 7) is 2.80. The Bertz CT molecular complexity index is 381. The van der Waals surface area contributed by atoms with Crippen molar-refractivity contribution in [1.82, 2.24) is 0 Å². The van der Waals surface area contributed by atoms with Crippen molar-refractivity contribution in [3.8, 4) is 11.5 Å². The molecule has 1 aliphatic rings. The van der Waals surface area contributed by atoms with E-state index in [1.54, 1.807) is 26.4 Å². The van der Waals surface area contributed by atoms with Crippen molar-refractivity contribution in [3.63, 3.8) is 0 Å². The molecule has 4 nitrogen and oxygen atoms in total. The number of aromatic hydroxyl groups is 1. The summed E-state index contributed by atoms with van der Waals surface area (Å²) in [5, 5.41) is 9.74. The molecule has 0 radical (unpaired) electrons. The second-order valence-electron chi connectivity index (χ2n) is 4.41. The van der Waals surface area contributed by atoms with Crippen LogP contribution in [0.1, 0.15) is 6.42 Å². The van der Waals surface area contributed by atoms with Gasteiger partial charge in [0.1, 0.15) is 0 Å². The highest BCUT2D eigenvalue weighted by Gasteiger charge is 2.23. The molecule has 1 aromatic carbocycles. The van der Waals surface area contributed by atoms with Gasteiger partial charge in [-0.2, -0.15) is 0 Å². The molecule has 0 saturated carbocycles. The number of nitrogens with zero attached hydrogens (tertiary/aromatic N) is 1. The molecule has 1 aromatic rings. The molecule has 0 bridgehead atoms. The molecule has 0 aromatic heterocycles. The minimum atomic E-state index is 0.195. The highest BCUT2D eigenvalue weighted by Crippen LogP contribution is 2.32. The van der Waals surface area contributed by atoms with Gasteiger partial charge >= 0.3 is 0 Å². The monoisotopic (exact) mass is 237 g/mol. The molecule has 1 unspecified atom stereocenters. The molecular formula is C13H19NO3. The Morgan fingerprint density at radius 3 is 2.88 bits per heavy atom. The molecule has 0 aliphatic carbocycles. The largest absolute Gasteiger partial charge is 0.504 e. The first-order valence-electron chi connectivity index (χ1n) is 5.85. The zero-order valence-electron chi connectivity index (χ0n) is 10.3. The lowest BCUT2D eigenvalue weighted by molar-refractivity contribution is 0.161. The predicted octanol–water partition coefficient (Wildman–Crippen LogP) is 1.87. The Kier molecular flexibility index (Phi) is 3.74. The van der Waals surface area contributed by atoms with E-state index < -0.39 is 0 Å². The van der Waals surface area contributed by atoms with Crippen LogP contribution in [0.5, 0.6) is 11.5 Å². The summed E-state index contributed by atoms with van der Waals surface area (Å²) < 4.78 is 10.2. The maximum atomic E-state index is 9.74. The minimum Gasteiger partial charge on any atom is -0.504 e. The van der Waals surface area contributed by atoms with Gasteiger partial charge in [-0.1, -0.05) is 0 Å². The number of phenolic OH excluding ortho intramolecular Hbond substituents is 1. The number of ether oxygens (including phenoxy) is 2. The molecule has 1 aliphatic heterocycles. The van der Waals surface area contributed by atoms with Crippen LogP contribution in [0.4, 0.5) is 5.69 Å². The quantitative estimate of drug-likeness (QED) is 0.868. The predicted molar refractivity (Wildman–Crippen MR) is 66.9 cm³/mol. The Labute approximate surface area is 102 Å². The molecule has 0 spiro atoms. The van der Waals surface area contributed by atoms with E-state index in [0.717, 1.165) is 31.8 Å². The first kappa shape index (κ1) is 12.0. The smallest absolute Gasteiger partial charge is 0.160 e. The molecule has 1 N–H and O–H groups in total. The van der Waals surface area contributed by atoms with Gasteiger partial charge in [0.05, 0.1) is 13.7 Å². The van der Waals surface area contributed by atoms with Crippen LogP contribution in [0.25, 0.3) is 0 Å². The van der Waals surface area contributed by atoms with Crippen LogP contribution in [-0.4, -0.2) is 39.0 Å². The fraction of sp³-hybridized carbons (Fsp3) is 0.538. The Morgan fingerprint density at radius 1 is 1.41 bits per heavy atom. The van der Waals surface area contributed by atoms with E-state index in [9.17, 15) is 5.11 Å². The highest BCUT2D eigenvalue weighted by molar-refractivity contribution is 5.56. The van der Waals surface area contributed by atoms with Gasteiger partial charge in [0.2, 0.25) is 0 Å². The van der Waals surface area contributed by atoms with E-state index >= 15 is 0 Å². The summed E-state index contributed by atoms with van der Waals surface area (Å²) in [5.74, 6) is 1.30. The lowest BCUT2D eigenvalue weighted by Crippen LogP contribution is -2.20. The van der Waals surface area contributed by atoms with Crippen LogP contribution in [0.15, 0.2) is 18.2 Å². The maximum Gasteiger partial charge on any atom is 0.160 e. The summed E-state index contributed by atoms with van der Waals surface area (Å²) in [4.78, 5) is 2.27.